The Balaban J connectivity index is 1.92. The van der Waals surface area contributed by atoms with E-state index in [1.54, 1.807) is 56.6 Å². The lowest BCUT2D eigenvalue weighted by Crippen LogP contribution is -2.28. The number of ether oxygens (including phenoxy) is 2. The summed E-state index contributed by atoms with van der Waals surface area (Å²) in [7, 11) is 4.83. The van der Waals surface area contributed by atoms with Gasteiger partial charge in [-0.1, -0.05) is 23.7 Å². The monoisotopic (exact) mass is 391 g/mol. The third-order valence-electron chi connectivity index (χ3n) is 3.61. The summed E-state index contributed by atoms with van der Waals surface area (Å²) < 4.78 is 10.8. The molecule has 0 aliphatic rings. The van der Waals surface area contributed by atoms with Crippen LogP contribution in [0, 0.1) is 0 Å². The molecule has 7 nitrogen and oxygen atoms in total. The van der Waals surface area contributed by atoms with E-state index >= 15 is 0 Å². The molecule has 0 bridgehead atoms. The molecule has 0 heterocycles. The number of amides is 3. The molecule has 2 aromatic rings. The molecule has 2 rings (SSSR count). The Morgan fingerprint density at radius 1 is 1.11 bits per heavy atom. The number of methoxy groups -OCH3 is 1. The van der Waals surface area contributed by atoms with Gasteiger partial charge in [-0.15, -0.1) is 0 Å². The number of halogens is 1. The fourth-order valence-electron chi connectivity index (χ4n) is 2.13. The van der Waals surface area contributed by atoms with Crippen molar-refractivity contribution in [1.82, 2.24) is 10.2 Å². The Morgan fingerprint density at radius 3 is 2.56 bits per heavy atom. The van der Waals surface area contributed by atoms with Crippen molar-refractivity contribution in [3.05, 3.63) is 53.1 Å². The van der Waals surface area contributed by atoms with E-state index in [4.69, 9.17) is 21.1 Å². The van der Waals surface area contributed by atoms with E-state index in [0.29, 0.717) is 28.8 Å². The van der Waals surface area contributed by atoms with E-state index < -0.39 is 0 Å². The maximum absolute atomic E-state index is 12.0. The second kappa shape index (κ2) is 9.68. The van der Waals surface area contributed by atoms with Crippen LogP contribution in [0.1, 0.15) is 5.56 Å². The number of anilines is 1. The highest BCUT2D eigenvalue weighted by atomic mass is 35.5. The molecule has 0 saturated carbocycles. The van der Waals surface area contributed by atoms with Crippen LogP contribution in [0.15, 0.2) is 42.5 Å². The largest absolute Gasteiger partial charge is 0.493 e. The fraction of sp³-hybridized carbons (Fsp3) is 0.263. The number of nitrogens with zero attached hydrogens (tertiary/aromatic N) is 1. The molecular formula is C19H22ClN3O4. The molecule has 0 fully saturated rings. The zero-order chi connectivity index (χ0) is 19.8. The summed E-state index contributed by atoms with van der Waals surface area (Å²) in [6.07, 6.45) is 0. The highest BCUT2D eigenvalue weighted by Gasteiger charge is 2.10. The molecule has 144 valence electrons. The Morgan fingerprint density at radius 2 is 1.89 bits per heavy atom. The number of urea groups is 1. The minimum atomic E-state index is -0.354. The molecule has 0 aromatic heterocycles. The number of benzene rings is 2. The third kappa shape index (κ3) is 6.38. The van der Waals surface area contributed by atoms with Crippen LogP contribution in [0.2, 0.25) is 5.02 Å². The number of rotatable bonds is 7. The topological polar surface area (TPSA) is 79.9 Å². The molecular weight excluding hydrogens is 370 g/mol. The molecule has 0 unspecified atom stereocenters. The molecule has 8 heteroatoms. The number of nitrogens with one attached hydrogen (secondary N) is 2. The average molecular weight is 392 g/mol. The second-order valence-corrected chi connectivity index (χ2v) is 6.32. The molecule has 0 radical (unpaired) electrons. The van der Waals surface area contributed by atoms with E-state index in [0.717, 1.165) is 5.56 Å². The summed E-state index contributed by atoms with van der Waals surface area (Å²) in [5.41, 5.74) is 1.42. The highest BCUT2D eigenvalue weighted by Crippen LogP contribution is 2.28. The predicted molar refractivity (Wildman–Crippen MR) is 104 cm³/mol. The van der Waals surface area contributed by atoms with E-state index in [2.05, 4.69) is 10.6 Å². The first-order valence-electron chi connectivity index (χ1n) is 8.19. The Labute approximate surface area is 163 Å². The second-order valence-electron chi connectivity index (χ2n) is 5.88. The number of hydrogen-bond donors (Lipinski definition) is 2. The molecule has 2 N–H and O–H groups in total. The maximum Gasteiger partial charge on any atom is 0.319 e. The SMILES string of the molecule is COc1cc(CNC(=O)Nc2cccc(Cl)c2)ccc1OCC(=O)N(C)C. The summed E-state index contributed by atoms with van der Waals surface area (Å²) in [5.74, 6) is 0.788. The van der Waals surface area contributed by atoms with Crippen LogP contribution in [0.25, 0.3) is 0 Å². The van der Waals surface area contributed by atoms with Crippen molar-refractivity contribution in [2.75, 3.05) is 33.1 Å². The summed E-state index contributed by atoms with van der Waals surface area (Å²) in [5, 5.41) is 6.00. The van der Waals surface area contributed by atoms with Crippen LogP contribution in [0.4, 0.5) is 10.5 Å². The van der Waals surface area contributed by atoms with E-state index in [1.807, 2.05) is 0 Å². The first kappa shape index (κ1) is 20.4. The van der Waals surface area contributed by atoms with Crippen LogP contribution in [0.3, 0.4) is 0 Å². The Bertz CT molecular complexity index is 811. The summed E-state index contributed by atoms with van der Waals surface area (Å²) >= 11 is 5.89. The lowest BCUT2D eigenvalue weighted by atomic mass is 10.2. The molecule has 0 aliphatic heterocycles. The van der Waals surface area contributed by atoms with Gasteiger partial charge < -0.3 is 25.0 Å². The van der Waals surface area contributed by atoms with Crippen molar-refractivity contribution < 1.29 is 19.1 Å². The van der Waals surface area contributed by atoms with Crippen LogP contribution in [-0.2, 0) is 11.3 Å². The number of carbonyl (C=O) groups excluding carboxylic acids is 2. The normalized spacial score (nSPS) is 10.1. The van der Waals surface area contributed by atoms with Crippen LogP contribution in [0.5, 0.6) is 11.5 Å². The van der Waals surface area contributed by atoms with E-state index in [1.165, 1.54) is 12.0 Å². The lowest BCUT2D eigenvalue weighted by Gasteiger charge is -2.14. The van der Waals surface area contributed by atoms with Crippen LogP contribution >= 0.6 is 11.6 Å². The van der Waals surface area contributed by atoms with Crippen LogP contribution < -0.4 is 20.1 Å². The Kier molecular flexibility index (Phi) is 7.31. The van der Waals surface area contributed by atoms with Gasteiger partial charge in [0.1, 0.15) is 0 Å². The van der Waals surface area contributed by atoms with Gasteiger partial charge >= 0.3 is 6.03 Å². The minimum absolute atomic E-state index is 0.0804. The lowest BCUT2D eigenvalue weighted by molar-refractivity contribution is -0.130. The van der Waals surface area contributed by atoms with Gasteiger partial charge in [0.2, 0.25) is 0 Å². The minimum Gasteiger partial charge on any atom is -0.493 e. The smallest absolute Gasteiger partial charge is 0.319 e. The quantitative estimate of drug-likeness (QED) is 0.759. The molecule has 0 spiro atoms. The van der Waals surface area contributed by atoms with Crippen molar-refractivity contribution in [3.8, 4) is 11.5 Å². The average Bonchev–Trinajstić information content (AvgIpc) is 2.64. The molecule has 0 saturated heterocycles. The number of hydrogen-bond acceptors (Lipinski definition) is 4. The van der Waals surface area contributed by atoms with Gasteiger partial charge in [0.05, 0.1) is 7.11 Å². The number of likely N-dealkylation sites (N-methyl/N-ethyl adjacent to an activating group) is 1. The van der Waals surface area contributed by atoms with Crippen molar-refractivity contribution in [1.29, 1.82) is 0 Å². The first-order valence-corrected chi connectivity index (χ1v) is 8.57. The highest BCUT2D eigenvalue weighted by molar-refractivity contribution is 6.30. The van der Waals surface area contributed by atoms with E-state index in [-0.39, 0.29) is 18.5 Å². The van der Waals surface area contributed by atoms with E-state index in [9.17, 15) is 9.59 Å². The van der Waals surface area contributed by atoms with Gasteiger partial charge in [0, 0.05) is 31.4 Å². The van der Waals surface area contributed by atoms with Crippen molar-refractivity contribution >= 4 is 29.2 Å². The summed E-state index contributed by atoms with van der Waals surface area (Å²) in [6, 6.07) is 11.8. The van der Waals surface area contributed by atoms with Crippen molar-refractivity contribution in [2.24, 2.45) is 0 Å². The fourth-order valence-corrected chi connectivity index (χ4v) is 2.32. The summed E-state index contributed by atoms with van der Waals surface area (Å²) in [4.78, 5) is 25.1. The van der Waals surface area contributed by atoms with Gasteiger partial charge in [-0.05, 0) is 35.9 Å². The predicted octanol–water partition coefficient (Wildman–Crippen LogP) is 3.14. The third-order valence-corrected chi connectivity index (χ3v) is 3.85. The van der Waals surface area contributed by atoms with Gasteiger partial charge in [-0.2, -0.15) is 0 Å². The van der Waals surface area contributed by atoms with Crippen molar-refractivity contribution in [2.45, 2.75) is 6.54 Å². The van der Waals surface area contributed by atoms with Gasteiger partial charge in [-0.3, -0.25) is 4.79 Å². The standard InChI is InChI=1S/C19H22ClN3O4/c1-23(2)18(24)12-27-16-8-7-13(9-17(16)26-3)11-21-19(25)22-15-6-4-5-14(20)10-15/h4-10H,11-12H2,1-3H3,(H2,21,22,25). The molecule has 3 amide bonds. The zero-order valence-electron chi connectivity index (χ0n) is 15.4. The molecule has 0 atom stereocenters. The molecule has 0 aliphatic carbocycles. The number of carbonyl (C=O) groups is 2. The molecule has 27 heavy (non-hydrogen) atoms. The first-order chi connectivity index (χ1) is 12.9. The molecule has 2 aromatic carbocycles. The van der Waals surface area contributed by atoms with Crippen molar-refractivity contribution in [3.63, 3.8) is 0 Å². The van der Waals surface area contributed by atoms with Crippen LogP contribution in [-0.4, -0.2) is 44.7 Å². The van der Waals surface area contributed by atoms with Gasteiger partial charge in [-0.25, -0.2) is 4.79 Å². The zero-order valence-corrected chi connectivity index (χ0v) is 16.2. The van der Waals surface area contributed by atoms with Gasteiger partial charge in [0.25, 0.3) is 5.91 Å². The Hall–Kier alpha value is -2.93. The maximum atomic E-state index is 12.0. The summed E-state index contributed by atoms with van der Waals surface area (Å²) in [6.45, 7) is 0.211. The van der Waals surface area contributed by atoms with Gasteiger partial charge in [0.15, 0.2) is 18.1 Å².